The third-order valence-corrected chi connectivity index (χ3v) is 6.58. The Morgan fingerprint density at radius 2 is 2.00 bits per heavy atom. The first-order valence-corrected chi connectivity index (χ1v) is 10.7. The molecule has 0 saturated carbocycles. The second-order valence-corrected chi connectivity index (χ2v) is 8.46. The molecule has 172 valence electrons. The zero-order valence-electron chi connectivity index (χ0n) is 18.1. The molecule has 9 heteroatoms. The highest BCUT2D eigenvalue weighted by molar-refractivity contribution is 6.16. The molecule has 0 bridgehead atoms. The normalized spacial score (nSPS) is 27.8. The molecule has 1 aromatic heterocycles. The maximum Gasteiger partial charge on any atom is 0.423 e. The monoisotopic (exact) mass is 445 g/mol. The molecule has 32 heavy (non-hydrogen) atoms. The summed E-state index contributed by atoms with van der Waals surface area (Å²) in [5.74, 6) is -1.66. The Balaban J connectivity index is 1.51. The van der Waals surface area contributed by atoms with E-state index in [1.807, 2.05) is 13.0 Å². The number of hydrogen-bond acceptors (Lipinski definition) is 8. The van der Waals surface area contributed by atoms with Crippen molar-refractivity contribution in [2.75, 3.05) is 20.3 Å². The number of ether oxygens (including phenoxy) is 2. The number of methoxy groups -OCH3 is 1. The molecule has 3 heterocycles. The van der Waals surface area contributed by atoms with E-state index in [4.69, 9.17) is 14.3 Å². The lowest BCUT2D eigenvalue weighted by molar-refractivity contribution is -0.137. The Bertz CT molecular complexity index is 990. The molecule has 1 aromatic rings. The number of imide groups is 3. The van der Waals surface area contributed by atoms with E-state index >= 15 is 0 Å². The highest BCUT2D eigenvalue weighted by Crippen LogP contribution is 2.49. The molecule has 2 fully saturated rings. The quantitative estimate of drug-likeness (QED) is 0.503. The second-order valence-electron chi connectivity index (χ2n) is 8.46. The smallest absolute Gasteiger partial charge is 0.423 e. The summed E-state index contributed by atoms with van der Waals surface area (Å²) in [4.78, 5) is 38.2. The Labute approximate surface area is 185 Å². The Morgan fingerprint density at radius 3 is 2.66 bits per heavy atom. The van der Waals surface area contributed by atoms with Crippen molar-refractivity contribution in [2.45, 2.75) is 38.9 Å². The van der Waals surface area contributed by atoms with E-state index in [2.05, 4.69) is 4.74 Å². The molecule has 9 nitrogen and oxygen atoms in total. The van der Waals surface area contributed by atoms with Gasteiger partial charge in [0.1, 0.15) is 18.1 Å². The van der Waals surface area contributed by atoms with Crippen LogP contribution in [-0.2, 0) is 25.7 Å². The average Bonchev–Trinajstić information content (AvgIpc) is 3.48. The molecule has 0 spiro atoms. The molecule has 3 amide bonds. The average molecular weight is 445 g/mol. The summed E-state index contributed by atoms with van der Waals surface area (Å²) in [5, 5.41) is 19.1. The first kappa shape index (κ1) is 22.4. The first-order valence-electron chi connectivity index (χ1n) is 10.7. The Morgan fingerprint density at radius 1 is 1.22 bits per heavy atom. The number of furan rings is 1. The van der Waals surface area contributed by atoms with Crippen LogP contribution in [-0.4, -0.2) is 59.4 Å². The van der Waals surface area contributed by atoms with Gasteiger partial charge < -0.3 is 24.1 Å². The van der Waals surface area contributed by atoms with Crippen molar-refractivity contribution < 1.29 is 38.5 Å². The number of likely N-dealkylation sites (tertiary alicyclic amines) is 1. The van der Waals surface area contributed by atoms with Gasteiger partial charge in [-0.2, -0.15) is 4.90 Å². The first-order chi connectivity index (χ1) is 15.4. The van der Waals surface area contributed by atoms with E-state index < -0.39 is 29.7 Å². The minimum Gasteiger partial charge on any atom is -0.459 e. The van der Waals surface area contributed by atoms with Crippen LogP contribution in [0.4, 0.5) is 4.79 Å². The van der Waals surface area contributed by atoms with Gasteiger partial charge in [-0.25, -0.2) is 4.79 Å². The lowest BCUT2D eigenvalue weighted by Crippen LogP contribution is -2.38. The molecule has 0 radical (unpaired) electrons. The summed E-state index contributed by atoms with van der Waals surface area (Å²) < 4.78 is 16.1. The maximum atomic E-state index is 12.9. The van der Waals surface area contributed by atoms with Gasteiger partial charge in [0.25, 0.3) is 0 Å². The number of amides is 3. The van der Waals surface area contributed by atoms with Crippen molar-refractivity contribution in [2.24, 2.45) is 17.8 Å². The summed E-state index contributed by atoms with van der Waals surface area (Å²) in [6, 6.07) is 3.51. The number of carbonyl (C=O) groups excluding carboxylic acids is 3. The van der Waals surface area contributed by atoms with Crippen LogP contribution in [0.25, 0.3) is 6.08 Å². The number of fused-ring (bicyclic) bond motifs is 3. The van der Waals surface area contributed by atoms with Crippen LogP contribution in [0.3, 0.4) is 0 Å². The van der Waals surface area contributed by atoms with Gasteiger partial charge in [-0.05, 0) is 55.5 Å². The Kier molecular flexibility index (Phi) is 6.32. The lowest BCUT2D eigenvalue weighted by Gasteiger charge is -2.31. The SMILES string of the molecule is COC(=O)N1C(=O)[C@@H]2[C@@H](CC(CO)=C3[C@@H](CC/C(C)=C/c4ccc(CO)o4)OC[C@@H]32)C1=O. The van der Waals surface area contributed by atoms with Gasteiger partial charge in [-0.1, -0.05) is 5.57 Å². The van der Waals surface area contributed by atoms with E-state index in [0.29, 0.717) is 34.8 Å². The zero-order valence-corrected chi connectivity index (χ0v) is 18.1. The minimum atomic E-state index is -0.972. The van der Waals surface area contributed by atoms with E-state index in [0.717, 1.165) is 18.3 Å². The third kappa shape index (κ3) is 3.80. The fraction of sp³-hybridized carbons (Fsp3) is 0.522. The molecular formula is C23H27NO8. The van der Waals surface area contributed by atoms with Gasteiger partial charge in [0.2, 0.25) is 11.8 Å². The van der Waals surface area contributed by atoms with Crippen molar-refractivity contribution >= 4 is 24.0 Å². The summed E-state index contributed by atoms with van der Waals surface area (Å²) in [6.45, 7) is 1.86. The van der Waals surface area contributed by atoms with Crippen LogP contribution < -0.4 is 0 Å². The van der Waals surface area contributed by atoms with Crippen LogP contribution in [0.2, 0.25) is 0 Å². The van der Waals surface area contributed by atoms with Crippen LogP contribution in [0.1, 0.15) is 37.7 Å². The second kappa shape index (κ2) is 9.01. The summed E-state index contributed by atoms with van der Waals surface area (Å²) >= 11 is 0. The van der Waals surface area contributed by atoms with E-state index in [-0.39, 0.29) is 38.3 Å². The number of carbonyl (C=O) groups is 3. The van der Waals surface area contributed by atoms with Crippen molar-refractivity contribution in [3.05, 3.63) is 40.4 Å². The highest BCUT2D eigenvalue weighted by Gasteiger charge is 2.58. The van der Waals surface area contributed by atoms with Gasteiger partial charge in [0.15, 0.2) is 0 Å². The molecule has 3 aliphatic rings. The van der Waals surface area contributed by atoms with Crippen LogP contribution in [0.15, 0.2) is 33.3 Å². The topological polar surface area (TPSA) is 127 Å². The van der Waals surface area contributed by atoms with E-state index in [1.54, 1.807) is 12.1 Å². The van der Waals surface area contributed by atoms with Crippen molar-refractivity contribution in [3.63, 3.8) is 0 Å². The number of nitrogens with zero attached hydrogens (tertiary/aromatic N) is 1. The molecule has 0 unspecified atom stereocenters. The number of aliphatic hydroxyl groups is 2. The number of aliphatic hydroxyl groups excluding tert-OH is 2. The van der Waals surface area contributed by atoms with Crippen molar-refractivity contribution in [1.29, 1.82) is 0 Å². The fourth-order valence-electron chi connectivity index (χ4n) is 5.12. The van der Waals surface area contributed by atoms with Gasteiger partial charge in [-0.3, -0.25) is 9.59 Å². The predicted molar refractivity (Wildman–Crippen MR) is 111 cm³/mol. The fourth-order valence-corrected chi connectivity index (χ4v) is 5.12. The van der Waals surface area contributed by atoms with E-state index in [1.165, 1.54) is 0 Å². The highest BCUT2D eigenvalue weighted by atomic mass is 16.5. The van der Waals surface area contributed by atoms with Gasteiger partial charge >= 0.3 is 6.09 Å². The number of allylic oxidation sites excluding steroid dienone is 1. The van der Waals surface area contributed by atoms with Crippen molar-refractivity contribution in [1.82, 2.24) is 4.90 Å². The Hall–Kier alpha value is -2.75. The van der Waals surface area contributed by atoms with Crippen LogP contribution in [0.5, 0.6) is 0 Å². The summed E-state index contributed by atoms with van der Waals surface area (Å²) in [7, 11) is 1.13. The summed E-state index contributed by atoms with van der Waals surface area (Å²) in [5.41, 5.74) is 2.65. The third-order valence-electron chi connectivity index (χ3n) is 6.58. The molecular weight excluding hydrogens is 418 g/mol. The molecule has 4 rings (SSSR count). The van der Waals surface area contributed by atoms with Crippen LogP contribution >= 0.6 is 0 Å². The van der Waals surface area contributed by atoms with Gasteiger partial charge in [0, 0.05) is 5.92 Å². The minimum absolute atomic E-state index is 0.154. The molecule has 1 aliphatic carbocycles. The van der Waals surface area contributed by atoms with Gasteiger partial charge in [-0.15, -0.1) is 0 Å². The largest absolute Gasteiger partial charge is 0.459 e. The molecule has 2 saturated heterocycles. The number of hydrogen-bond donors (Lipinski definition) is 2. The molecule has 0 aromatic carbocycles. The number of rotatable bonds is 6. The zero-order chi connectivity index (χ0) is 23.0. The summed E-state index contributed by atoms with van der Waals surface area (Å²) in [6.07, 6.45) is 2.23. The van der Waals surface area contributed by atoms with Crippen LogP contribution in [0, 0.1) is 17.8 Å². The molecule has 4 atom stereocenters. The van der Waals surface area contributed by atoms with E-state index in [9.17, 15) is 19.5 Å². The van der Waals surface area contributed by atoms with Crippen molar-refractivity contribution in [3.8, 4) is 0 Å². The maximum absolute atomic E-state index is 12.9. The standard InChI is InChI=1S/C23H27NO8/c1-12(7-14-4-5-15(10-26)32-14)3-6-18-19-13(9-25)8-16-20(17(19)11-31-18)22(28)24(21(16)27)23(29)30-2/h4-5,7,16-18,20,25-26H,3,6,8-11H2,1-2H3/b12-7+/t16-,17+,18-,20-/m1/s1. The predicted octanol–water partition coefficient (Wildman–Crippen LogP) is 2.03. The molecule has 2 N–H and O–H groups in total. The molecule has 2 aliphatic heterocycles. The lowest BCUT2D eigenvalue weighted by atomic mass is 9.69. The van der Waals surface area contributed by atoms with Gasteiger partial charge in [0.05, 0.1) is 38.3 Å².